The minimum atomic E-state index is -0.833. The normalized spacial score (nSPS) is 7.07. The highest BCUT2D eigenvalue weighted by molar-refractivity contribution is 5.72. The molecule has 46 heavy (non-hydrogen) atoms. The van der Waals surface area contributed by atoms with Gasteiger partial charge in [-0.3, -0.25) is 47.9 Å². The van der Waals surface area contributed by atoms with Crippen LogP contribution < -0.4 is 0 Å². The SMILES string of the molecule is CC(=O)O.CC(=O)O.CC(=O)O.CC(=O)O.CC(=O)O.CC(=O)O.CC(=O)O.CC(=O)O.CC(=O)O.CCOC(=O)C(CO)CO. The lowest BCUT2D eigenvalue weighted by Crippen LogP contribution is -2.24. The van der Waals surface area contributed by atoms with Crippen molar-refractivity contribution in [2.24, 2.45) is 5.92 Å². The summed E-state index contributed by atoms with van der Waals surface area (Å²) in [5.74, 6) is -8.83. The molecule has 0 radical (unpaired) electrons. The molecule has 0 amide bonds. The number of hydrogen-bond acceptors (Lipinski definition) is 13. The Morgan fingerprint density at radius 3 is 0.565 bits per heavy atom. The third-order valence-electron chi connectivity index (χ3n) is 1.06. The first kappa shape index (κ1) is 68.0. The summed E-state index contributed by atoms with van der Waals surface area (Å²) in [7, 11) is 0. The van der Waals surface area contributed by atoms with Crippen LogP contribution in [0.25, 0.3) is 0 Å². The van der Waals surface area contributed by atoms with Crippen molar-refractivity contribution in [3.8, 4) is 0 Å². The Balaban J connectivity index is -0.0000000402. The molecule has 0 rings (SSSR count). The van der Waals surface area contributed by atoms with E-state index >= 15 is 0 Å². The van der Waals surface area contributed by atoms with Gasteiger partial charge in [0.25, 0.3) is 53.7 Å². The molecule has 276 valence electrons. The second-order valence-corrected chi connectivity index (χ2v) is 6.49. The van der Waals surface area contributed by atoms with Gasteiger partial charge in [0.1, 0.15) is 5.92 Å². The van der Waals surface area contributed by atoms with Crippen molar-refractivity contribution in [1.82, 2.24) is 0 Å². The molecule has 0 atom stereocenters. The van der Waals surface area contributed by atoms with Crippen LogP contribution in [0.3, 0.4) is 0 Å². The molecule has 0 aliphatic heterocycles. The van der Waals surface area contributed by atoms with Crippen LogP contribution in [-0.2, 0) is 52.7 Å². The lowest BCUT2D eigenvalue weighted by molar-refractivity contribution is -0.151. The number of aliphatic hydroxyl groups excluding tert-OH is 2. The smallest absolute Gasteiger partial charge is 0.313 e. The molecule has 11 N–H and O–H groups in total. The molecule has 0 saturated carbocycles. The third-order valence-corrected chi connectivity index (χ3v) is 1.06. The Morgan fingerprint density at radius 2 is 0.500 bits per heavy atom. The molecule has 0 aliphatic carbocycles. The van der Waals surface area contributed by atoms with Gasteiger partial charge in [-0.2, -0.15) is 0 Å². The fourth-order valence-electron chi connectivity index (χ4n) is 0.467. The molecule has 22 heteroatoms. The average Bonchev–Trinajstić information content (AvgIpc) is 2.71. The molecular formula is C24H48O22. The molecule has 0 aromatic rings. The molecule has 0 heterocycles. The molecular weight excluding hydrogens is 640 g/mol. The number of ether oxygens (including phenoxy) is 1. The van der Waals surface area contributed by atoms with Crippen molar-refractivity contribution in [2.75, 3.05) is 19.8 Å². The van der Waals surface area contributed by atoms with E-state index in [-0.39, 0.29) is 19.8 Å². The molecule has 0 saturated heterocycles. The Labute approximate surface area is 264 Å². The van der Waals surface area contributed by atoms with E-state index in [2.05, 4.69) is 4.74 Å². The van der Waals surface area contributed by atoms with Crippen LogP contribution in [0.15, 0.2) is 0 Å². The number of carbonyl (C=O) groups is 10. The summed E-state index contributed by atoms with van der Waals surface area (Å²) in [4.78, 5) is 91.7. The zero-order chi connectivity index (χ0) is 40.2. The Hall–Kier alpha value is -5.38. The monoisotopic (exact) mass is 688 g/mol. The van der Waals surface area contributed by atoms with Gasteiger partial charge < -0.3 is 60.9 Å². The van der Waals surface area contributed by atoms with E-state index < -0.39 is 65.6 Å². The molecule has 0 aromatic carbocycles. The number of aliphatic carboxylic acids is 9. The van der Waals surface area contributed by atoms with Crippen LogP contribution in [0, 0.1) is 5.92 Å². The highest BCUT2D eigenvalue weighted by Crippen LogP contribution is 1.96. The number of hydrogen-bond donors (Lipinski definition) is 11. The summed E-state index contributed by atoms with van der Waals surface area (Å²) in [6, 6.07) is 0. The van der Waals surface area contributed by atoms with Crippen LogP contribution >= 0.6 is 0 Å². The fraction of sp³-hybridized carbons (Fsp3) is 0.583. The molecule has 22 nitrogen and oxygen atoms in total. The van der Waals surface area contributed by atoms with Gasteiger partial charge in [0.15, 0.2) is 0 Å². The number of carbonyl (C=O) groups excluding carboxylic acids is 1. The molecule has 0 aliphatic rings. The maximum absolute atomic E-state index is 10.7. The van der Waals surface area contributed by atoms with E-state index in [1.807, 2.05) is 0 Å². The zero-order valence-corrected chi connectivity index (χ0v) is 27.1. The summed E-state index contributed by atoms with van der Waals surface area (Å²) in [6.45, 7) is 11.0. The first-order valence-corrected chi connectivity index (χ1v) is 11.5. The largest absolute Gasteiger partial charge is 0.481 e. The van der Waals surface area contributed by atoms with Crippen LogP contribution in [-0.4, -0.2) is 136 Å². The van der Waals surface area contributed by atoms with E-state index in [1.54, 1.807) is 6.92 Å². The van der Waals surface area contributed by atoms with Crippen LogP contribution in [0.2, 0.25) is 0 Å². The number of rotatable bonds is 4. The maximum Gasteiger partial charge on any atom is 0.313 e. The second-order valence-electron chi connectivity index (χ2n) is 6.49. The number of carboxylic acids is 9. The summed E-state index contributed by atoms with van der Waals surface area (Å²) in [6.07, 6.45) is 0. The first-order valence-electron chi connectivity index (χ1n) is 11.5. The van der Waals surface area contributed by atoms with Gasteiger partial charge in [0.05, 0.1) is 19.8 Å². The predicted molar refractivity (Wildman–Crippen MR) is 154 cm³/mol. The van der Waals surface area contributed by atoms with Gasteiger partial charge >= 0.3 is 5.97 Å². The van der Waals surface area contributed by atoms with Crippen molar-refractivity contribution in [3.05, 3.63) is 0 Å². The predicted octanol–water partition coefficient (Wildman–Crippen LogP) is -0.0316. The van der Waals surface area contributed by atoms with E-state index in [0.29, 0.717) is 0 Å². The van der Waals surface area contributed by atoms with E-state index in [0.717, 1.165) is 62.3 Å². The van der Waals surface area contributed by atoms with Crippen LogP contribution in [0.5, 0.6) is 0 Å². The van der Waals surface area contributed by atoms with Crippen molar-refractivity contribution in [2.45, 2.75) is 69.2 Å². The van der Waals surface area contributed by atoms with Gasteiger partial charge in [0.2, 0.25) is 0 Å². The lowest BCUT2D eigenvalue weighted by Gasteiger charge is -2.08. The van der Waals surface area contributed by atoms with Gasteiger partial charge in [0, 0.05) is 62.3 Å². The molecule has 0 spiro atoms. The standard InChI is InChI=1S/C6H12O4.9C2H4O2/c1-2-10-6(9)5(3-7)4-8;9*1-2(3)4/h5,7-8H,2-4H2,1H3;9*1H3,(H,3,4). The van der Waals surface area contributed by atoms with Gasteiger partial charge in [-0.25, -0.2) is 0 Å². The Kier molecular flexibility index (Phi) is 87.4. The quantitative estimate of drug-likeness (QED) is 0.173. The average molecular weight is 689 g/mol. The highest BCUT2D eigenvalue weighted by Gasteiger charge is 2.16. The molecule has 0 fully saturated rings. The second kappa shape index (κ2) is 59.1. The zero-order valence-electron chi connectivity index (χ0n) is 27.1. The summed E-state index contributed by atoms with van der Waals surface area (Å²) in [5.41, 5.74) is 0. The van der Waals surface area contributed by atoms with Crippen LogP contribution in [0.4, 0.5) is 0 Å². The summed E-state index contributed by atoms with van der Waals surface area (Å²) >= 11 is 0. The number of aliphatic hydroxyl groups is 2. The molecule has 0 unspecified atom stereocenters. The fourth-order valence-corrected chi connectivity index (χ4v) is 0.467. The van der Waals surface area contributed by atoms with Crippen molar-refractivity contribution in [3.63, 3.8) is 0 Å². The van der Waals surface area contributed by atoms with Crippen LogP contribution in [0.1, 0.15) is 69.2 Å². The highest BCUT2D eigenvalue weighted by atomic mass is 16.5. The molecule has 0 bridgehead atoms. The third kappa shape index (κ3) is 1730. The van der Waals surface area contributed by atoms with Crippen molar-refractivity contribution >= 4 is 59.7 Å². The molecule has 0 aromatic heterocycles. The van der Waals surface area contributed by atoms with Crippen molar-refractivity contribution in [1.29, 1.82) is 0 Å². The van der Waals surface area contributed by atoms with Gasteiger partial charge in [-0.05, 0) is 6.92 Å². The lowest BCUT2D eigenvalue weighted by atomic mass is 10.2. The minimum Gasteiger partial charge on any atom is -0.481 e. The minimum absolute atomic E-state index is 0.273. The van der Waals surface area contributed by atoms with E-state index in [9.17, 15) is 4.79 Å². The topological polar surface area (TPSA) is 402 Å². The first-order chi connectivity index (χ1) is 20.3. The summed E-state index contributed by atoms with van der Waals surface area (Å²) < 4.78 is 4.53. The Morgan fingerprint density at radius 1 is 0.391 bits per heavy atom. The van der Waals surface area contributed by atoms with E-state index in [1.165, 1.54) is 0 Å². The van der Waals surface area contributed by atoms with Crippen molar-refractivity contribution < 1.29 is 109 Å². The number of esters is 1. The Bertz CT molecular complexity index is 608. The maximum atomic E-state index is 10.7. The van der Waals surface area contributed by atoms with E-state index in [4.69, 9.17) is 99.3 Å². The van der Waals surface area contributed by atoms with Gasteiger partial charge in [-0.1, -0.05) is 0 Å². The summed E-state index contributed by atoms with van der Waals surface area (Å²) in [5, 5.41) is 83.7. The van der Waals surface area contributed by atoms with Gasteiger partial charge in [-0.15, -0.1) is 0 Å². The number of carboxylic acid groups (broad SMARTS) is 9.